The summed E-state index contributed by atoms with van der Waals surface area (Å²) in [6.45, 7) is 4.80. The minimum absolute atomic E-state index is 0.0896. The van der Waals surface area contributed by atoms with Crippen LogP contribution in [0.2, 0.25) is 0 Å². The smallest absolute Gasteiger partial charge is 0.215 e. The van der Waals surface area contributed by atoms with E-state index in [4.69, 9.17) is 18.0 Å². The van der Waals surface area contributed by atoms with Crippen LogP contribution in [0, 0.1) is 11.3 Å². The maximum absolute atomic E-state index is 12.1. The van der Waals surface area contributed by atoms with Crippen molar-refractivity contribution in [3.05, 3.63) is 35.4 Å². The highest BCUT2D eigenvalue weighted by atomic mass is 32.2. The van der Waals surface area contributed by atoms with Crippen LogP contribution in [-0.2, 0) is 15.8 Å². The van der Waals surface area contributed by atoms with Crippen molar-refractivity contribution in [3.63, 3.8) is 0 Å². The van der Waals surface area contributed by atoms with Crippen molar-refractivity contribution in [1.29, 1.82) is 0 Å². The maximum atomic E-state index is 12.1. The van der Waals surface area contributed by atoms with Crippen molar-refractivity contribution in [2.75, 3.05) is 6.54 Å². The van der Waals surface area contributed by atoms with E-state index in [1.165, 1.54) is 0 Å². The Morgan fingerprint density at radius 3 is 2.60 bits per heavy atom. The molecule has 1 saturated carbocycles. The Bertz CT molecular complexity index is 624. The van der Waals surface area contributed by atoms with Gasteiger partial charge < -0.3 is 5.73 Å². The zero-order valence-electron chi connectivity index (χ0n) is 11.7. The highest BCUT2D eigenvalue weighted by molar-refractivity contribution is 7.88. The number of nitrogens with one attached hydrogen (secondary N) is 1. The van der Waals surface area contributed by atoms with Gasteiger partial charge in [0.05, 0.1) is 5.75 Å². The van der Waals surface area contributed by atoms with Crippen molar-refractivity contribution < 1.29 is 8.42 Å². The summed E-state index contributed by atoms with van der Waals surface area (Å²) in [6.07, 6.45) is 1.07. The molecule has 0 saturated heterocycles. The fourth-order valence-electron chi connectivity index (χ4n) is 2.29. The van der Waals surface area contributed by atoms with Crippen LogP contribution in [0.3, 0.4) is 0 Å². The summed E-state index contributed by atoms with van der Waals surface area (Å²) in [4.78, 5) is 0.221. The topological polar surface area (TPSA) is 72.2 Å². The number of thiocarbonyl (C=S) groups is 1. The molecule has 0 spiro atoms. The van der Waals surface area contributed by atoms with E-state index in [1.54, 1.807) is 24.3 Å². The average Bonchev–Trinajstić information content (AvgIpc) is 2.95. The number of hydrogen-bond donors (Lipinski definition) is 2. The molecule has 1 aromatic rings. The number of sulfonamides is 1. The predicted octanol–water partition coefficient (Wildman–Crippen LogP) is 1.79. The average molecular weight is 312 g/mol. The van der Waals surface area contributed by atoms with Gasteiger partial charge in [0.2, 0.25) is 10.0 Å². The molecule has 1 fully saturated rings. The van der Waals surface area contributed by atoms with E-state index < -0.39 is 10.0 Å². The van der Waals surface area contributed by atoms with Crippen LogP contribution < -0.4 is 10.5 Å². The zero-order chi connectivity index (χ0) is 15.0. The van der Waals surface area contributed by atoms with Gasteiger partial charge in [-0.25, -0.2) is 13.1 Å². The third-order valence-electron chi connectivity index (χ3n) is 3.90. The molecule has 0 aromatic heterocycles. The van der Waals surface area contributed by atoms with Crippen molar-refractivity contribution in [2.45, 2.75) is 26.0 Å². The fourth-order valence-corrected chi connectivity index (χ4v) is 3.71. The van der Waals surface area contributed by atoms with Gasteiger partial charge in [-0.2, -0.15) is 0 Å². The van der Waals surface area contributed by atoms with Crippen LogP contribution in [0.1, 0.15) is 31.4 Å². The largest absolute Gasteiger partial charge is 0.389 e. The van der Waals surface area contributed by atoms with Crippen LogP contribution in [0.15, 0.2) is 24.3 Å². The van der Waals surface area contributed by atoms with Crippen LogP contribution in [0.4, 0.5) is 0 Å². The molecule has 4 nitrogen and oxygen atoms in total. The molecule has 0 heterocycles. The molecule has 1 aliphatic rings. The van der Waals surface area contributed by atoms with E-state index in [0.717, 1.165) is 6.42 Å². The molecule has 20 heavy (non-hydrogen) atoms. The lowest BCUT2D eigenvalue weighted by molar-refractivity contribution is 0.537. The first-order valence-corrected chi connectivity index (χ1v) is 8.62. The first kappa shape index (κ1) is 15.4. The Kier molecular flexibility index (Phi) is 4.18. The summed E-state index contributed by atoms with van der Waals surface area (Å²) < 4.78 is 26.9. The first-order chi connectivity index (χ1) is 9.21. The molecular formula is C14H20N2O2S2. The molecule has 0 amide bonds. The summed E-state index contributed by atoms with van der Waals surface area (Å²) in [6, 6.07) is 7.08. The lowest BCUT2D eigenvalue weighted by Crippen LogP contribution is -2.28. The number of rotatable bonds is 6. The van der Waals surface area contributed by atoms with Crippen molar-refractivity contribution in [1.82, 2.24) is 4.72 Å². The zero-order valence-corrected chi connectivity index (χ0v) is 13.4. The summed E-state index contributed by atoms with van der Waals surface area (Å²) in [5.74, 6) is 0.344. The molecule has 1 aromatic carbocycles. The molecule has 6 heteroatoms. The van der Waals surface area contributed by atoms with E-state index in [9.17, 15) is 8.42 Å². The predicted molar refractivity (Wildman–Crippen MR) is 84.8 cm³/mol. The Labute approximate surface area is 125 Å². The first-order valence-electron chi connectivity index (χ1n) is 6.56. The molecule has 110 valence electrons. The summed E-state index contributed by atoms with van der Waals surface area (Å²) >= 11 is 4.95. The Morgan fingerprint density at radius 2 is 2.05 bits per heavy atom. The highest BCUT2D eigenvalue weighted by Gasteiger charge is 2.45. The Hall–Kier alpha value is -0.980. The lowest BCUT2D eigenvalue weighted by atomic mass is 10.1. The van der Waals surface area contributed by atoms with Gasteiger partial charge in [0.1, 0.15) is 4.99 Å². The number of hydrogen-bond acceptors (Lipinski definition) is 3. The van der Waals surface area contributed by atoms with E-state index in [2.05, 4.69) is 18.6 Å². The fraction of sp³-hybridized carbons (Fsp3) is 0.500. The SMILES string of the molecule is CC1(C)CC1CNS(=O)(=O)Cc1ccccc1C(N)=S. The molecule has 3 N–H and O–H groups in total. The summed E-state index contributed by atoms with van der Waals surface area (Å²) in [5.41, 5.74) is 7.15. The molecule has 2 rings (SSSR count). The van der Waals surface area contributed by atoms with Gasteiger partial charge in [-0.05, 0) is 23.3 Å². The molecule has 1 unspecified atom stereocenters. The Balaban J connectivity index is 2.03. The molecule has 0 bridgehead atoms. The van der Waals surface area contributed by atoms with Crippen molar-refractivity contribution >= 4 is 27.2 Å². The van der Waals surface area contributed by atoms with E-state index in [1.807, 2.05) is 0 Å². The molecular weight excluding hydrogens is 292 g/mol. The van der Waals surface area contributed by atoms with Gasteiger partial charge in [-0.1, -0.05) is 50.3 Å². The minimum Gasteiger partial charge on any atom is -0.389 e. The second kappa shape index (κ2) is 5.42. The van der Waals surface area contributed by atoms with Gasteiger partial charge in [0.25, 0.3) is 0 Å². The maximum Gasteiger partial charge on any atom is 0.215 e. The van der Waals surface area contributed by atoms with Gasteiger partial charge in [-0.15, -0.1) is 0 Å². The highest BCUT2D eigenvalue weighted by Crippen LogP contribution is 2.51. The van der Waals surface area contributed by atoms with Gasteiger partial charge in [-0.3, -0.25) is 0 Å². The van der Waals surface area contributed by atoms with Crippen LogP contribution >= 0.6 is 12.2 Å². The van der Waals surface area contributed by atoms with Gasteiger partial charge in [0, 0.05) is 12.1 Å². The standard InChI is InChI=1S/C14H20N2O2S2/c1-14(2)7-11(14)8-16-20(17,18)9-10-5-3-4-6-12(10)13(15)19/h3-6,11,16H,7-9H2,1-2H3,(H2,15,19). The normalized spacial score (nSPS) is 20.6. The van der Waals surface area contributed by atoms with Crippen LogP contribution in [0.5, 0.6) is 0 Å². The third kappa shape index (κ3) is 3.77. The van der Waals surface area contributed by atoms with E-state index in [-0.39, 0.29) is 16.2 Å². The monoisotopic (exact) mass is 312 g/mol. The molecule has 0 aliphatic heterocycles. The molecule has 0 radical (unpaired) electrons. The van der Waals surface area contributed by atoms with Crippen LogP contribution in [-0.4, -0.2) is 20.0 Å². The van der Waals surface area contributed by atoms with Crippen molar-refractivity contribution in [2.24, 2.45) is 17.1 Å². The molecule has 1 atom stereocenters. The molecule has 1 aliphatic carbocycles. The summed E-state index contributed by atoms with van der Waals surface area (Å²) in [5, 5.41) is 0. The van der Waals surface area contributed by atoms with Crippen LogP contribution in [0.25, 0.3) is 0 Å². The number of nitrogens with two attached hydrogens (primary N) is 1. The van der Waals surface area contributed by atoms with E-state index >= 15 is 0 Å². The Morgan fingerprint density at radius 1 is 1.45 bits per heavy atom. The lowest BCUT2D eigenvalue weighted by Gasteiger charge is -2.10. The quantitative estimate of drug-likeness (QED) is 0.786. The van der Waals surface area contributed by atoms with Crippen molar-refractivity contribution in [3.8, 4) is 0 Å². The van der Waals surface area contributed by atoms with E-state index in [0.29, 0.717) is 23.6 Å². The minimum atomic E-state index is -3.36. The summed E-state index contributed by atoms with van der Waals surface area (Å²) in [7, 11) is -3.36. The second-order valence-corrected chi connectivity index (χ2v) is 8.27. The number of benzene rings is 1. The van der Waals surface area contributed by atoms with Gasteiger partial charge >= 0.3 is 0 Å². The van der Waals surface area contributed by atoms with Gasteiger partial charge in [0.15, 0.2) is 0 Å². The third-order valence-corrected chi connectivity index (χ3v) is 5.41. The second-order valence-electron chi connectivity index (χ2n) is 6.02.